The molecule has 0 aliphatic carbocycles. The normalized spacial score (nSPS) is 13.2. The molecular formula is C49H31N3O. The summed E-state index contributed by atoms with van der Waals surface area (Å²) >= 11 is 0. The Kier molecular flexibility index (Phi) is 5.85. The highest BCUT2D eigenvalue weighted by atomic mass is 16.3. The molecule has 0 N–H and O–H groups in total. The summed E-state index contributed by atoms with van der Waals surface area (Å²) in [4.78, 5) is 14.9. The maximum Gasteiger partial charge on any atom is 0.164 e. The fraction of sp³-hybridized carbons (Fsp3) is 0. The van der Waals surface area contributed by atoms with Crippen molar-refractivity contribution >= 4 is 32.7 Å². The number of aromatic nitrogens is 3. The van der Waals surface area contributed by atoms with E-state index in [1.807, 2.05) is 84.9 Å². The maximum absolute atomic E-state index is 9.00. The fourth-order valence-electron chi connectivity index (χ4n) is 6.73. The van der Waals surface area contributed by atoms with Gasteiger partial charge in [-0.2, -0.15) is 0 Å². The topological polar surface area (TPSA) is 51.8 Å². The van der Waals surface area contributed by atoms with Crippen LogP contribution in [0.5, 0.6) is 0 Å². The zero-order valence-corrected chi connectivity index (χ0v) is 28.1. The molecule has 0 saturated carbocycles. The summed E-state index contributed by atoms with van der Waals surface area (Å²) in [6, 6.07) is 44.6. The van der Waals surface area contributed by atoms with Crippen LogP contribution >= 0.6 is 0 Å². The van der Waals surface area contributed by atoms with Crippen LogP contribution in [0.25, 0.3) is 100 Å². The highest BCUT2D eigenvalue weighted by Crippen LogP contribution is 2.37. The third-order valence-corrected chi connectivity index (χ3v) is 9.42. The molecule has 2 aromatic heterocycles. The van der Waals surface area contributed by atoms with Gasteiger partial charge < -0.3 is 4.42 Å². The van der Waals surface area contributed by atoms with Crippen LogP contribution in [0.3, 0.4) is 0 Å². The Hall–Kier alpha value is -7.17. The van der Waals surface area contributed by atoms with Gasteiger partial charge in [0.2, 0.25) is 0 Å². The molecule has 0 aliphatic heterocycles. The lowest BCUT2D eigenvalue weighted by Gasteiger charge is -2.11. The van der Waals surface area contributed by atoms with Crippen molar-refractivity contribution in [2.75, 3.05) is 0 Å². The summed E-state index contributed by atoms with van der Waals surface area (Å²) in [5.41, 5.74) is 8.64. The van der Waals surface area contributed by atoms with Crippen molar-refractivity contribution in [1.29, 1.82) is 0 Å². The van der Waals surface area contributed by atoms with Gasteiger partial charge in [0.15, 0.2) is 17.5 Å². The highest BCUT2D eigenvalue weighted by Gasteiger charge is 2.15. The molecule has 0 unspecified atom stereocenters. The first-order valence-electron chi connectivity index (χ1n) is 20.7. The fourth-order valence-corrected chi connectivity index (χ4v) is 6.73. The van der Waals surface area contributed by atoms with E-state index < -0.39 is 24.2 Å². The second-order valence-electron chi connectivity index (χ2n) is 12.7. The van der Waals surface area contributed by atoms with Crippen molar-refractivity contribution in [3.63, 3.8) is 0 Å². The Morgan fingerprint density at radius 2 is 0.887 bits per heavy atom. The Balaban J connectivity index is 1.07. The highest BCUT2D eigenvalue weighted by molar-refractivity contribution is 6.12. The number of benzene rings is 8. The maximum atomic E-state index is 9.00. The molecule has 8 aromatic carbocycles. The van der Waals surface area contributed by atoms with Crippen molar-refractivity contribution in [2.24, 2.45) is 0 Å². The number of para-hydroxylation sites is 1. The van der Waals surface area contributed by atoms with E-state index in [9.17, 15) is 0 Å². The van der Waals surface area contributed by atoms with E-state index in [4.69, 9.17) is 29.0 Å². The molecule has 0 fully saturated rings. The monoisotopic (exact) mass is 684 g/mol. The van der Waals surface area contributed by atoms with E-state index in [1.54, 1.807) is 24.3 Å². The third-order valence-electron chi connectivity index (χ3n) is 9.42. The predicted octanol–water partition coefficient (Wildman–Crippen LogP) is 12.9. The van der Waals surface area contributed by atoms with Crippen LogP contribution < -0.4 is 0 Å². The standard InChI is InChI=1S/C49H31N3O/c1-2-9-32(10-3-1)34-17-24-37(25-18-34)47-50-48(38-26-19-35(20-27-38)41-30-21-33-11-4-5-12-40(33)31-41)52-49(51-47)39-28-22-36(23-29-39)42-14-8-16-45-46(42)43-13-6-7-15-44(43)53-45/h1-31H/i4D,5D,11D,12D,21D,30D,31D. The van der Waals surface area contributed by atoms with Crippen LogP contribution in [0, 0.1) is 0 Å². The van der Waals surface area contributed by atoms with Crippen molar-refractivity contribution in [3.05, 3.63) is 188 Å². The molecule has 4 heteroatoms. The van der Waals surface area contributed by atoms with E-state index in [0.717, 1.165) is 55.3 Å². The largest absolute Gasteiger partial charge is 0.456 e. The van der Waals surface area contributed by atoms with Crippen molar-refractivity contribution < 1.29 is 14.0 Å². The summed E-state index contributed by atoms with van der Waals surface area (Å²) in [5, 5.41) is 1.87. The first-order chi connectivity index (χ1) is 29.2. The minimum atomic E-state index is -0.503. The molecule has 0 aliphatic rings. The molecule has 0 radical (unpaired) electrons. The SMILES string of the molecule is [2H]c1c([2H])c([2H])c2c([2H])c(-c3ccc(-c4nc(-c5ccc(-c6ccccc6)cc5)nc(-c5ccc(-c6cccc7oc8ccccc8c67)cc5)n4)cc3)c([2H])c([2H])c2c1[2H]. The minimum absolute atomic E-state index is 0.0908. The summed E-state index contributed by atoms with van der Waals surface area (Å²) in [7, 11) is 0. The number of rotatable bonds is 6. The Labute approximate surface area is 316 Å². The van der Waals surface area contributed by atoms with Gasteiger partial charge in [0.1, 0.15) is 11.2 Å². The second kappa shape index (κ2) is 12.9. The van der Waals surface area contributed by atoms with Crippen LogP contribution in [-0.2, 0) is 0 Å². The van der Waals surface area contributed by atoms with Gasteiger partial charge in [-0.05, 0) is 62.3 Å². The lowest BCUT2D eigenvalue weighted by Crippen LogP contribution is -2.00. The second-order valence-corrected chi connectivity index (χ2v) is 12.7. The Morgan fingerprint density at radius 1 is 0.377 bits per heavy atom. The lowest BCUT2D eigenvalue weighted by atomic mass is 9.98. The van der Waals surface area contributed by atoms with Gasteiger partial charge in [-0.1, -0.05) is 170 Å². The molecule has 0 spiro atoms. The van der Waals surface area contributed by atoms with E-state index in [0.29, 0.717) is 28.6 Å². The summed E-state index contributed by atoms with van der Waals surface area (Å²) in [5.74, 6) is 1.34. The average Bonchev–Trinajstić information content (AvgIpc) is 3.68. The van der Waals surface area contributed by atoms with Crippen LogP contribution in [0.2, 0.25) is 0 Å². The van der Waals surface area contributed by atoms with Crippen molar-refractivity contribution in [1.82, 2.24) is 15.0 Å². The number of fused-ring (bicyclic) bond motifs is 4. The Bertz CT molecular complexity index is 3320. The van der Waals surface area contributed by atoms with Gasteiger partial charge in [0.05, 0.1) is 9.60 Å². The summed E-state index contributed by atoms with van der Waals surface area (Å²) in [6.07, 6.45) is 0. The summed E-state index contributed by atoms with van der Waals surface area (Å²) in [6.45, 7) is 0. The molecule has 248 valence electrons. The van der Waals surface area contributed by atoms with Crippen LogP contribution in [0.4, 0.5) is 0 Å². The van der Waals surface area contributed by atoms with Crippen LogP contribution in [-0.4, -0.2) is 15.0 Å². The molecule has 10 aromatic rings. The van der Waals surface area contributed by atoms with Gasteiger partial charge in [0.25, 0.3) is 0 Å². The zero-order valence-electron chi connectivity index (χ0n) is 35.1. The average molecular weight is 685 g/mol. The van der Waals surface area contributed by atoms with E-state index in [-0.39, 0.29) is 34.5 Å². The van der Waals surface area contributed by atoms with E-state index >= 15 is 0 Å². The number of nitrogens with zero attached hydrogens (tertiary/aromatic N) is 3. The van der Waals surface area contributed by atoms with Crippen molar-refractivity contribution in [2.45, 2.75) is 0 Å². The number of furan rings is 1. The molecule has 53 heavy (non-hydrogen) atoms. The number of hydrogen-bond acceptors (Lipinski definition) is 4. The van der Waals surface area contributed by atoms with Gasteiger partial charge in [-0.25, -0.2) is 15.0 Å². The van der Waals surface area contributed by atoms with Gasteiger partial charge in [0, 0.05) is 27.5 Å². The van der Waals surface area contributed by atoms with Gasteiger partial charge in [-0.3, -0.25) is 0 Å². The quantitative estimate of drug-likeness (QED) is 0.175. The molecule has 2 heterocycles. The molecule has 0 saturated heterocycles. The van der Waals surface area contributed by atoms with E-state index in [1.165, 1.54) is 0 Å². The molecular weight excluding hydrogens is 647 g/mol. The molecule has 0 bridgehead atoms. The molecule has 4 nitrogen and oxygen atoms in total. The first-order valence-corrected chi connectivity index (χ1v) is 17.2. The van der Waals surface area contributed by atoms with E-state index in [2.05, 4.69) is 36.4 Å². The zero-order chi connectivity index (χ0) is 41.2. The molecule has 0 atom stereocenters. The lowest BCUT2D eigenvalue weighted by molar-refractivity contribution is 0.669. The number of hydrogen-bond donors (Lipinski definition) is 0. The third kappa shape index (κ3) is 5.73. The smallest absolute Gasteiger partial charge is 0.164 e. The summed E-state index contributed by atoms with van der Waals surface area (Å²) < 4.78 is 65.8. The van der Waals surface area contributed by atoms with Crippen molar-refractivity contribution in [3.8, 4) is 67.5 Å². The first kappa shape index (κ1) is 24.1. The molecule has 10 rings (SSSR count). The Morgan fingerprint density at radius 3 is 1.55 bits per heavy atom. The van der Waals surface area contributed by atoms with Gasteiger partial charge in [-0.15, -0.1) is 0 Å². The van der Waals surface area contributed by atoms with Crippen LogP contribution in [0.1, 0.15) is 9.60 Å². The minimum Gasteiger partial charge on any atom is -0.456 e. The van der Waals surface area contributed by atoms with Gasteiger partial charge >= 0.3 is 0 Å². The predicted molar refractivity (Wildman–Crippen MR) is 217 cm³/mol. The molecule has 0 amide bonds. The van der Waals surface area contributed by atoms with Crippen LogP contribution in [0.15, 0.2) is 192 Å².